The summed E-state index contributed by atoms with van der Waals surface area (Å²) in [5.74, 6) is -6.55. The molecule has 0 bridgehead atoms. The first kappa shape index (κ1) is 30.8. The summed E-state index contributed by atoms with van der Waals surface area (Å²) in [5.41, 5.74) is 8.75. The second-order valence-electron chi connectivity index (χ2n) is 12.2. The molecule has 2 saturated heterocycles. The molecule has 6 amide bonds. The molecule has 6 atom stereocenters. The van der Waals surface area contributed by atoms with Gasteiger partial charge in [-0.15, -0.1) is 0 Å². The van der Waals surface area contributed by atoms with E-state index >= 15 is 4.79 Å². The molecule has 7 rings (SSSR count). The van der Waals surface area contributed by atoms with Gasteiger partial charge in [-0.1, -0.05) is 59.1 Å². The van der Waals surface area contributed by atoms with Crippen molar-refractivity contribution in [1.82, 2.24) is 9.91 Å². The number of carbonyl (C=O) groups excluding carboxylic acids is 5. The minimum atomic E-state index is -1.58. The van der Waals surface area contributed by atoms with Gasteiger partial charge in [0.25, 0.3) is 11.8 Å². The number of hydrogen-bond donors (Lipinski definition) is 3. The van der Waals surface area contributed by atoms with Gasteiger partial charge in [-0.05, 0) is 72.4 Å². The van der Waals surface area contributed by atoms with Crippen molar-refractivity contribution in [3.8, 4) is 11.5 Å². The number of phenolic OH excluding ortho intramolecular Hbond substituents is 1. The number of ether oxygens (including phenoxy) is 1. The highest BCUT2D eigenvalue weighted by Gasteiger charge is 2.70. The Hall–Kier alpha value is -4.87. The molecule has 4 aliphatic rings. The quantitative estimate of drug-likeness (QED) is 0.258. The molecule has 13 heteroatoms. The smallest absolute Gasteiger partial charge is 0.328 e. The Morgan fingerprint density at radius 2 is 1.72 bits per heavy atom. The minimum absolute atomic E-state index is 0.0110. The molecular formula is C34H28Cl2N4O7. The molecule has 240 valence electrons. The Morgan fingerprint density at radius 1 is 0.979 bits per heavy atom. The summed E-state index contributed by atoms with van der Waals surface area (Å²) in [6.07, 6.45) is 1.96. The number of primary amides is 1. The number of aromatic hydroxyl groups is 1. The van der Waals surface area contributed by atoms with Gasteiger partial charge in [0.05, 0.1) is 41.0 Å². The third kappa shape index (κ3) is 4.44. The fraction of sp³-hybridized carbons (Fsp3) is 0.265. The highest BCUT2D eigenvalue weighted by molar-refractivity contribution is 6.36. The lowest BCUT2D eigenvalue weighted by atomic mass is 9.49. The first-order chi connectivity index (χ1) is 22.5. The van der Waals surface area contributed by atoms with Crippen LogP contribution >= 0.6 is 23.2 Å². The number of hydrazine groups is 1. The molecule has 3 fully saturated rings. The molecule has 6 unspecified atom stereocenters. The summed E-state index contributed by atoms with van der Waals surface area (Å²) in [7, 11) is 1.52. The normalized spacial score (nSPS) is 28.1. The van der Waals surface area contributed by atoms with Gasteiger partial charge in [-0.25, -0.2) is 4.79 Å². The molecule has 2 aliphatic heterocycles. The SMILES string of the molecule is COc1ccc(C23C(=O)N(Nc4ccc(Cl)cc4Cl)C(=O)C2CC2C(=CCC4C(=O)N(C(N)=O)C(=O)C42)C3c2cccc(O)c2)cc1. The number of likely N-dealkylation sites (tertiary alicyclic amines) is 1. The monoisotopic (exact) mass is 674 g/mol. The Labute approximate surface area is 278 Å². The lowest BCUT2D eigenvalue weighted by Gasteiger charge is -2.50. The van der Waals surface area contributed by atoms with E-state index in [4.69, 9.17) is 33.7 Å². The number of nitrogens with one attached hydrogen (secondary N) is 1. The van der Waals surface area contributed by atoms with E-state index in [1.165, 1.54) is 25.3 Å². The topological polar surface area (TPSA) is 159 Å². The molecule has 0 spiro atoms. The maximum atomic E-state index is 15.1. The average Bonchev–Trinajstić information content (AvgIpc) is 3.43. The van der Waals surface area contributed by atoms with Crippen molar-refractivity contribution in [3.05, 3.63) is 99.6 Å². The average molecular weight is 676 g/mol. The summed E-state index contributed by atoms with van der Waals surface area (Å²) < 4.78 is 5.39. The van der Waals surface area contributed by atoms with Crippen molar-refractivity contribution in [1.29, 1.82) is 0 Å². The molecule has 4 N–H and O–H groups in total. The molecule has 47 heavy (non-hydrogen) atoms. The van der Waals surface area contributed by atoms with Crippen LogP contribution in [-0.2, 0) is 24.6 Å². The van der Waals surface area contributed by atoms with Gasteiger partial charge in [0, 0.05) is 10.9 Å². The maximum Gasteiger partial charge on any atom is 0.328 e. The zero-order valence-corrected chi connectivity index (χ0v) is 26.4. The number of phenols is 1. The van der Waals surface area contributed by atoms with Crippen molar-refractivity contribution in [2.75, 3.05) is 12.5 Å². The zero-order valence-electron chi connectivity index (χ0n) is 24.9. The third-order valence-electron chi connectivity index (χ3n) is 10.0. The number of rotatable bonds is 5. The Morgan fingerprint density at radius 3 is 2.38 bits per heavy atom. The number of nitrogens with two attached hydrogens (primary N) is 1. The molecule has 0 aromatic heterocycles. The molecule has 3 aromatic carbocycles. The molecule has 2 heterocycles. The van der Waals surface area contributed by atoms with Crippen LogP contribution in [0, 0.1) is 23.7 Å². The number of amides is 6. The van der Waals surface area contributed by atoms with Crippen molar-refractivity contribution in [2.45, 2.75) is 24.2 Å². The van der Waals surface area contributed by atoms with Crippen LogP contribution in [0.15, 0.2) is 78.4 Å². The van der Waals surface area contributed by atoms with Gasteiger partial charge < -0.3 is 15.6 Å². The van der Waals surface area contributed by atoms with Crippen LogP contribution in [0.4, 0.5) is 10.5 Å². The number of hydrogen-bond acceptors (Lipinski definition) is 8. The van der Waals surface area contributed by atoms with Crippen LogP contribution in [0.1, 0.15) is 29.9 Å². The number of fused-ring (bicyclic) bond motifs is 4. The minimum Gasteiger partial charge on any atom is -0.508 e. The molecule has 2 aliphatic carbocycles. The highest BCUT2D eigenvalue weighted by Crippen LogP contribution is 2.64. The number of methoxy groups -OCH3 is 1. The third-order valence-corrected chi connectivity index (χ3v) is 10.6. The fourth-order valence-electron chi connectivity index (χ4n) is 8.14. The molecule has 11 nitrogen and oxygen atoms in total. The highest BCUT2D eigenvalue weighted by atomic mass is 35.5. The second kappa shape index (κ2) is 11.1. The van der Waals surface area contributed by atoms with Crippen molar-refractivity contribution in [2.24, 2.45) is 29.4 Å². The number of benzene rings is 3. The summed E-state index contributed by atoms with van der Waals surface area (Å²) in [4.78, 5) is 69.3. The summed E-state index contributed by atoms with van der Waals surface area (Å²) in [5, 5.41) is 12.1. The number of anilines is 1. The van der Waals surface area contributed by atoms with Gasteiger partial charge in [-0.3, -0.25) is 24.6 Å². The molecule has 1 saturated carbocycles. The van der Waals surface area contributed by atoms with Crippen molar-refractivity contribution < 1.29 is 33.8 Å². The van der Waals surface area contributed by atoms with Crippen LogP contribution < -0.4 is 15.9 Å². The number of halogens is 2. The zero-order chi connectivity index (χ0) is 33.4. The van der Waals surface area contributed by atoms with E-state index in [1.54, 1.807) is 48.5 Å². The standard InChI is InChI=1S/C34H28Cl2N4O7/c1-47-20-8-5-17(6-9-20)34-24(30(43)40(32(34)45)38-26-12-7-18(35)14-25(26)36)15-23-21(28(34)16-3-2-4-19(41)13-16)10-11-22-27(23)31(44)39(29(22)42)33(37)46/h2-10,12-14,22-24,27-28,38,41H,11,15H2,1H3,(H2,37,46). The first-order valence-electron chi connectivity index (χ1n) is 14.9. The van der Waals surface area contributed by atoms with Gasteiger partial charge in [0.15, 0.2) is 0 Å². The lowest BCUT2D eigenvalue weighted by Crippen LogP contribution is -2.53. The Bertz CT molecular complexity index is 1910. The van der Waals surface area contributed by atoms with Crippen LogP contribution in [0.3, 0.4) is 0 Å². The van der Waals surface area contributed by atoms with E-state index in [0.717, 1.165) is 5.01 Å². The second-order valence-corrected chi connectivity index (χ2v) is 13.0. The van der Waals surface area contributed by atoms with Crippen molar-refractivity contribution >= 4 is 58.5 Å². The van der Waals surface area contributed by atoms with Gasteiger partial charge in [-0.2, -0.15) is 9.91 Å². The molecular weight excluding hydrogens is 647 g/mol. The maximum absolute atomic E-state index is 15.1. The molecule has 3 aromatic rings. The van der Waals surface area contributed by atoms with E-state index in [0.29, 0.717) is 32.4 Å². The van der Waals surface area contributed by atoms with Gasteiger partial charge in [0.1, 0.15) is 11.5 Å². The predicted molar refractivity (Wildman–Crippen MR) is 170 cm³/mol. The fourth-order valence-corrected chi connectivity index (χ4v) is 8.59. The Balaban J connectivity index is 1.46. The predicted octanol–water partition coefficient (Wildman–Crippen LogP) is 4.77. The van der Waals surface area contributed by atoms with Gasteiger partial charge >= 0.3 is 6.03 Å². The van der Waals surface area contributed by atoms with Gasteiger partial charge in [0.2, 0.25) is 11.8 Å². The number of allylic oxidation sites excluding steroid dienone is 2. The van der Waals surface area contributed by atoms with E-state index in [-0.39, 0.29) is 29.3 Å². The van der Waals surface area contributed by atoms with E-state index in [2.05, 4.69) is 5.43 Å². The summed E-state index contributed by atoms with van der Waals surface area (Å²) in [6, 6.07) is 16.7. The lowest BCUT2D eigenvalue weighted by molar-refractivity contribution is -0.139. The van der Waals surface area contributed by atoms with Crippen LogP contribution in [-0.4, -0.2) is 51.8 Å². The van der Waals surface area contributed by atoms with E-state index in [9.17, 15) is 24.3 Å². The largest absolute Gasteiger partial charge is 0.508 e. The van der Waals surface area contributed by atoms with Crippen molar-refractivity contribution in [3.63, 3.8) is 0 Å². The van der Waals surface area contributed by atoms with E-state index < -0.39 is 64.7 Å². The number of urea groups is 1. The van der Waals surface area contributed by atoms with Crippen LogP contribution in [0.2, 0.25) is 10.0 Å². The van der Waals surface area contributed by atoms with Crippen LogP contribution in [0.25, 0.3) is 0 Å². The summed E-state index contributed by atoms with van der Waals surface area (Å²) >= 11 is 12.6. The first-order valence-corrected chi connectivity index (χ1v) is 15.6. The summed E-state index contributed by atoms with van der Waals surface area (Å²) in [6.45, 7) is 0. The van der Waals surface area contributed by atoms with Crippen LogP contribution in [0.5, 0.6) is 11.5 Å². The number of imide groups is 4. The number of carbonyl (C=O) groups is 5. The number of nitrogens with zero attached hydrogens (tertiary/aromatic N) is 2. The Kier molecular flexibility index (Phi) is 7.29. The van der Waals surface area contributed by atoms with E-state index in [1.807, 2.05) is 6.08 Å². The molecule has 0 radical (unpaired) electrons.